The van der Waals surface area contributed by atoms with E-state index >= 15 is 0 Å². The Bertz CT molecular complexity index is 1310. The van der Waals surface area contributed by atoms with Gasteiger partial charge in [0.15, 0.2) is 6.10 Å². The van der Waals surface area contributed by atoms with Crippen LogP contribution in [0.4, 0.5) is 0 Å². The van der Waals surface area contributed by atoms with Crippen molar-refractivity contribution in [1.82, 2.24) is 10.2 Å². The van der Waals surface area contributed by atoms with Crippen LogP contribution in [0.2, 0.25) is 0 Å². The van der Waals surface area contributed by atoms with E-state index in [1.54, 1.807) is 39.0 Å². The fourth-order valence-electron chi connectivity index (χ4n) is 4.57. The van der Waals surface area contributed by atoms with Gasteiger partial charge in [-0.05, 0) is 51.3 Å². The fourth-order valence-corrected chi connectivity index (χ4v) is 4.57. The maximum absolute atomic E-state index is 12.4. The molecule has 16 nitrogen and oxygen atoms in total. The smallest absolute Gasteiger partial charge is 0.335 e. The average molecular weight is 681 g/mol. The molecule has 1 aromatic rings. The Kier molecular flexibility index (Phi) is 14.4. The highest BCUT2D eigenvalue weighted by molar-refractivity contribution is 6.13. The van der Waals surface area contributed by atoms with E-state index in [4.69, 9.17) is 23.7 Å². The van der Waals surface area contributed by atoms with Gasteiger partial charge in [-0.1, -0.05) is 6.07 Å². The number of carbonyl (C=O) groups excluding carboxylic acids is 4. The molecule has 266 valence electrons. The number of nitrogens with one attached hydrogen (secondary N) is 1. The summed E-state index contributed by atoms with van der Waals surface area (Å²) in [6, 6.07) is 5.01. The normalized spacial score (nSPS) is 22.5. The van der Waals surface area contributed by atoms with Crippen molar-refractivity contribution in [3.63, 3.8) is 0 Å². The maximum Gasteiger partial charge on any atom is 0.335 e. The molecular weight excluding hydrogens is 636 g/mol. The molecule has 48 heavy (non-hydrogen) atoms. The highest BCUT2D eigenvalue weighted by atomic mass is 16.7. The van der Waals surface area contributed by atoms with Gasteiger partial charge in [0.2, 0.25) is 12.2 Å². The van der Waals surface area contributed by atoms with Gasteiger partial charge in [-0.2, -0.15) is 0 Å². The van der Waals surface area contributed by atoms with Crippen LogP contribution in [0.3, 0.4) is 0 Å². The van der Waals surface area contributed by atoms with Crippen LogP contribution in [0.5, 0.6) is 5.75 Å². The summed E-state index contributed by atoms with van der Waals surface area (Å²) in [5.74, 6) is -3.06. The molecule has 2 heterocycles. The molecule has 3 amide bonds. The van der Waals surface area contributed by atoms with E-state index < -0.39 is 59.9 Å². The number of carboxylic acid groups (broad SMARTS) is 1. The summed E-state index contributed by atoms with van der Waals surface area (Å²) >= 11 is 0. The number of esters is 1. The molecule has 0 spiro atoms. The molecule has 2 aliphatic heterocycles. The van der Waals surface area contributed by atoms with E-state index in [0.29, 0.717) is 38.2 Å². The van der Waals surface area contributed by atoms with E-state index in [-0.39, 0.29) is 44.4 Å². The number of carbonyl (C=O) groups is 5. The number of hydrogen-bond donors (Lipinski definition) is 5. The largest absolute Gasteiger partial charge is 0.479 e. The van der Waals surface area contributed by atoms with E-state index in [1.165, 1.54) is 12.2 Å². The third kappa shape index (κ3) is 11.4. The van der Waals surface area contributed by atoms with Gasteiger partial charge in [0.1, 0.15) is 30.7 Å². The van der Waals surface area contributed by atoms with Gasteiger partial charge in [-0.3, -0.25) is 24.1 Å². The first-order valence-corrected chi connectivity index (χ1v) is 15.5. The minimum atomic E-state index is -1.87. The highest BCUT2D eigenvalue weighted by Gasteiger charge is 2.48. The number of rotatable bonds is 18. The Hall–Kier alpha value is -3.93. The molecule has 2 aliphatic rings. The lowest BCUT2D eigenvalue weighted by Crippen LogP contribution is -2.61. The van der Waals surface area contributed by atoms with Crippen molar-refractivity contribution in [3.05, 3.63) is 41.5 Å². The maximum atomic E-state index is 12.4. The van der Waals surface area contributed by atoms with Crippen molar-refractivity contribution in [2.45, 2.75) is 77.3 Å². The molecule has 5 atom stereocenters. The van der Waals surface area contributed by atoms with Gasteiger partial charge in [0, 0.05) is 43.8 Å². The zero-order valence-corrected chi connectivity index (χ0v) is 27.2. The number of hydrogen-bond acceptors (Lipinski definition) is 13. The summed E-state index contributed by atoms with van der Waals surface area (Å²) in [5.41, 5.74) is 0.477. The molecule has 0 aromatic heterocycles. The van der Waals surface area contributed by atoms with E-state index in [9.17, 15) is 44.4 Å². The lowest BCUT2D eigenvalue weighted by Gasteiger charge is -2.38. The zero-order chi connectivity index (χ0) is 35.4. The molecular formula is C32H44N2O14. The first-order chi connectivity index (χ1) is 22.7. The van der Waals surface area contributed by atoms with Crippen molar-refractivity contribution >= 4 is 29.7 Å². The number of aliphatic hydroxyl groups is 3. The second-order valence-corrected chi connectivity index (χ2v) is 12.2. The summed E-state index contributed by atoms with van der Waals surface area (Å²) in [5, 5.41) is 42.5. The van der Waals surface area contributed by atoms with Crippen molar-refractivity contribution < 1.29 is 68.1 Å². The van der Waals surface area contributed by atoms with Crippen LogP contribution in [0.1, 0.15) is 44.7 Å². The Labute approximate surface area is 277 Å². The van der Waals surface area contributed by atoms with Crippen molar-refractivity contribution in [1.29, 1.82) is 0 Å². The molecule has 0 bridgehead atoms. The molecule has 16 heteroatoms. The van der Waals surface area contributed by atoms with Crippen LogP contribution < -0.4 is 10.1 Å². The van der Waals surface area contributed by atoms with Crippen molar-refractivity contribution in [2.24, 2.45) is 5.41 Å². The SMILES string of the molecule is CC(C)(C)C(=O)OCc1cc(CCCOCCOCCNC(=O)CCN2C(=O)C=CC2=O)ccc1OC1OC(C(=O)O)[C@@H](O)[C@H](O)[C@H]1O. The fraction of sp³-hybridized carbons (Fsp3) is 0.594. The molecule has 1 aromatic carbocycles. The number of aliphatic carboxylic acids is 1. The summed E-state index contributed by atoms with van der Waals surface area (Å²) in [7, 11) is 0. The van der Waals surface area contributed by atoms with E-state index in [2.05, 4.69) is 5.32 Å². The lowest BCUT2D eigenvalue weighted by atomic mass is 9.97. The van der Waals surface area contributed by atoms with Gasteiger partial charge >= 0.3 is 11.9 Å². The molecule has 1 saturated heterocycles. The third-order valence-corrected chi connectivity index (χ3v) is 7.31. The van der Waals surface area contributed by atoms with E-state index in [0.717, 1.165) is 10.5 Å². The van der Waals surface area contributed by atoms with Gasteiger partial charge in [0.05, 0.1) is 25.2 Å². The number of aryl methyl sites for hydroxylation is 1. The standard InChI is InChI=1S/C32H44N2O14/c1-32(2,3)31(43)46-18-20-17-19(6-7-21(20)47-30-27(40)25(38)26(39)28(48-30)29(41)42)5-4-13-44-15-16-45-14-11-33-22(35)10-12-34-23(36)8-9-24(34)37/h6-9,17,25-28,30,38-40H,4-5,10-16,18H2,1-3H3,(H,33,35)(H,41,42)/t25-,26-,27+,28?,30?/m0/s1. The summed E-state index contributed by atoms with van der Waals surface area (Å²) in [6.45, 7) is 6.47. The monoisotopic (exact) mass is 680 g/mol. The van der Waals surface area contributed by atoms with Gasteiger partial charge in [0.25, 0.3) is 11.8 Å². The van der Waals surface area contributed by atoms with Gasteiger partial charge in [-0.15, -0.1) is 0 Å². The average Bonchev–Trinajstić information content (AvgIpc) is 3.36. The molecule has 2 unspecified atom stereocenters. The van der Waals surface area contributed by atoms with Crippen LogP contribution in [0.15, 0.2) is 30.4 Å². The topological polar surface area (TPSA) is 228 Å². The summed E-state index contributed by atoms with van der Waals surface area (Å²) in [4.78, 5) is 59.8. The number of aliphatic hydroxyl groups excluding tert-OH is 3. The number of carboxylic acids is 1. The van der Waals surface area contributed by atoms with Gasteiger partial charge in [-0.25, -0.2) is 4.79 Å². The van der Waals surface area contributed by atoms with Gasteiger partial charge < -0.3 is 49.4 Å². The molecule has 5 N–H and O–H groups in total. The molecule has 0 radical (unpaired) electrons. The Morgan fingerprint density at radius 2 is 1.60 bits per heavy atom. The van der Waals surface area contributed by atoms with Crippen LogP contribution in [-0.4, -0.2) is 125 Å². The minimum absolute atomic E-state index is 0.00198. The van der Waals surface area contributed by atoms with Crippen molar-refractivity contribution in [2.75, 3.05) is 39.5 Å². The molecule has 1 fully saturated rings. The predicted octanol–water partition coefficient (Wildman–Crippen LogP) is -0.556. The highest BCUT2D eigenvalue weighted by Crippen LogP contribution is 2.29. The first-order valence-electron chi connectivity index (χ1n) is 15.5. The van der Waals surface area contributed by atoms with Crippen LogP contribution in [-0.2, 0) is 55.9 Å². The number of imide groups is 1. The third-order valence-electron chi connectivity index (χ3n) is 7.31. The second kappa shape index (κ2) is 18.0. The van der Waals surface area contributed by atoms with Crippen molar-refractivity contribution in [3.8, 4) is 5.75 Å². The zero-order valence-electron chi connectivity index (χ0n) is 27.2. The lowest BCUT2D eigenvalue weighted by molar-refractivity contribution is -0.271. The first kappa shape index (κ1) is 38.5. The number of nitrogens with zero attached hydrogens (tertiary/aromatic N) is 1. The molecule has 0 saturated carbocycles. The van der Waals surface area contributed by atoms with Crippen LogP contribution >= 0.6 is 0 Å². The molecule has 0 aliphatic carbocycles. The summed E-state index contributed by atoms with van der Waals surface area (Å²) < 4.78 is 27.5. The van der Waals surface area contributed by atoms with E-state index in [1.807, 2.05) is 0 Å². The Morgan fingerprint density at radius 3 is 2.25 bits per heavy atom. The Morgan fingerprint density at radius 1 is 0.938 bits per heavy atom. The second-order valence-electron chi connectivity index (χ2n) is 12.2. The Balaban J connectivity index is 1.41. The number of amides is 3. The summed E-state index contributed by atoms with van der Waals surface area (Å²) in [6.07, 6.45) is -5.40. The quantitative estimate of drug-likeness (QED) is 0.0745. The molecule has 3 rings (SSSR count). The minimum Gasteiger partial charge on any atom is -0.479 e. The predicted molar refractivity (Wildman–Crippen MR) is 164 cm³/mol. The van der Waals surface area contributed by atoms with Crippen LogP contribution in [0.25, 0.3) is 0 Å². The number of benzene rings is 1. The number of ether oxygens (including phenoxy) is 5. The van der Waals surface area contributed by atoms with Crippen LogP contribution in [0, 0.1) is 5.41 Å².